The summed E-state index contributed by atoms with van der Waals surface area (Å²) in [5, 5.41) is 19.6. The van der Waals surface area contributed by atoms with Gasteiger partial charge in [0.25, 0.3) is 0 Å². The number of carboxylic acid groups (broad SMARTS) is 1. The number of hydrogen-bond acceptors (Lipinski definition) is 5. The second kappa shape index (κ2) is 6.95. The number of thioether (sulfide) groups is 1. The van der Waals surface area contributed by atoms with E-state index in [2.05, 4.69) is 27.7 Å². The molecule has 3 aliphatic rings. The lowest BCUT2D eigenvalue weighted by molar-refractivity contribution is -0.138. The largest absolute Gasteiger partial charge is 0.481 e. The Hall–Kier alpha value is -2.15. The van der Waals surface area contributed by atoms with E-state index in [-0.39, 0.29) is 12.3 Å². The fraction of sp³-hybridized carbons (Fsp3) is 0.375. The number of carboxylic acids is 1. The summed E-state index contributed by atoms with van der Waals surface area (Å²) in [6.45, 7) is 0. The predicted octanol–water partition coefficient (Wildman–Crippen LogP) is 2.40. The second-order valence-electron chi connectivity index (χ2n) is 5.51. The van der Waals surface area contributed by atoms with Crippen LogP contribution in [0, 0.1) is 0 Å². The fourth-order valence-corrected chi connectivity index (χ4v) is 3.67. The number of rotatable bonds is 3. The summed E-state index contributed by atoms with van der Waals surface area (Å²) in [7, 11) is 0. The van der Waals surface area contributed by atoms with Gasteiger partial charge in [0.1, 0.15) is 5.25 Å². The molecule has 120 valence electrons. The number of aliphatic carboxylic acids is 1. The van der Waals surface area contributed by atoms with Crippen molar-refractivity contribution in [2.45, 2.75) is 37.4 Å². The minimum atomic E-state index is -0.997. The summed E-state index contributed by atoms with van der Waals surface area (Å²) >= 11 is 1.12. The van der Waals surface area contributed by atoms with E-state index in [9.17, 15) is 9.59 Å². The fourth-order valence-electron chi connectivity index (χ4n) is 2.76. The molecule has 1 unspecified atom stereocenters. The van der Waals surface area contributed by atoms with Crippen LogP contribution in [-0.4, -0.2) is 33.1 Å². The minimum Gasteiger partial charge on any atom is -0.481 e. The van der Waals surface area contributed by atoms with Crippen molar-refractivity contribution >= 4 is 34.5 Å². The molecular formula is C16H17N3O3S. The van der Waals surface area contributed by atoms with Gasteiger partial charge in [0.15, 0.2) is 5.17 Å². The maximum absolute atomic E-state index is 11.7. The number of carbonyl (C=O) groups excluding carboxylic acids is 1. The molecule has 1 fully saturated rings. The molecule has 2 aliphatic carbocycles. The van der Waals surface area contributed by atoms with E-state index in [4.69, 9.17) is 5.11 Å². The number of amidine groups is 1. The van der Waals surface area contributed by atoms with Gasteiger partial charge in [0.05, 0.1) is 12.1 Å². The summed E-state index contributed by atoms with van der Waals surface area (Å²) in [6, 6.07) is 0. The van der Waals surface area contributed by atoms with E-state index in [1.54, 1.807) is 0 Å². The molecule has 0 aromatic heterocycles. The van der Waals surface area contributed by atoms with Crippen molar-refractivity contribution in [1.29, 1.82) is 0 Å². The first-order chi connectivity index (χ1) is 11.1. The summed E-state index contributed by atoms with van der Waals surface area (Å²) < 4.78 is 0. The zero-order chi connectivity index (χ0) is 16.2. The molecule has 1 heterocycles. The Kier molecular flexibility index (Phi) is 4.76. The van der Waals surface area contributed by atoms with Crippen molar-refractivity contribution in [3.05, 3.63) is 35.5 Å². The van der Waals surface area contributed by atoms with Crippen LogP contribution < -0.4 is 5.32 Å². The Morgan fingerprint density at radius 3 is 3.04 bits per heavy atom. The van der Waals surface area contributed by atoms with Crippen LogP contribution in [0.1, 0.15) is 32.1 Å². The molecule has 0 aromatic rings. The Morgan fingerprint density at radius 1 is 1.35 bits per heavy atom. The predicted molar refractivity (Wildman–Crippen MR) is 90.4 cm³/mol. The summed E-state index contributed by atoms with van der Waals surface area (Å²) in [5.41, 5.74) is 3.43. The lowest BCUT2D eigenvalue weighted by atomic mass is 9.89. The first-order valence-electron chi connectivity index (χ1n) is 7.53. The van der Waals surface area contributed by atoms with Gasteiger partial charge in [0.2, 0.25) is 5.91 Å². The third-order valence-electron chi connectivity index (χ3n) is 3.86. The van der Waals surface area contributed by atoms with Gasteiger partial charge in [-0.3, -0.25) is 9.59 Å². The van der Waals surface area contributed by atoms with Crippen LogP contribution in [0.5, 0.6) is 0 Å². The van der Waals surface area contributed by atoms with Crippen molar-refractivity contribution in [2.24, 2.45) is 10.2 Å². The standard InChI is InChI=1S/C16H17N3O3S/c20-14(21)9-13-15(22)17-16(23-13)19-18-12-8-4-6-10-5-2-1-3-7-11(10)12/h1-3,7,13H,4-6,8-9H2,(H,20,21)(H,17,19,22)/b18-12-. The highest BCUT2D eigenvalue weighted by molar-refractivity contribution is 8.15. The third kappa shape index (κ3) is 3.79. The van der Waals surface area contributed by atoms with Crippen LogP contribution in [0.4, 0.5) is 0 Å². The molecular weight excluding hydrogens is 314 g/mol. The Labute approximate surface area is 138 Å². The maximum Gasteiger partial charge on any atom is 0.305 e. The summed E-state index contributed by atoms with van der Waals surface area (Å²) in [6.07, 6.45) is 11.9. The molecule has 0 aromatic carbocycles. The van der Waals surface area contributed by atoms with Crippen LogP contribution in [0.3, 0.4) is 0 Å². The van der Waals surface area contributed by atoms with Crippen molar-refractivity contribution in [1.82, 2.24) is 5.32 Å². The third-order valence-corrected chi connectivity index (χ3v) is 4.93. The van der Waals surface area contributed by atoms with E-state index in [1.165, 1.54) is 5.57 Å². The first kappa shape index (κ1) is 15.7. The van der Waals surface area contributed by atoms with E-state index in [0.717, 1.165) is 48.7 Å². The number of carbonyl (C=O) groups is 2. The Morgan fingerprint density at radius 2 is 2.22 bits per heavy atom. The molecule has 0 saturated carbocycles. The Balaban J connectivity index is 1.77. The first-order valence-corrected chi connectivity index (χ1v) is 8.41. The van der Waals surface area contributed by atoms with E-state index >= 15 is 0 Å². The molecule has 0 spiro atoms. The van der Waals surface area contributed by atoms with Crippen LogP contribution in [-0.2, 0) is 9.59 Å². The summed E-state index contributed by atoms with van der Waals surface area (Å²) in [5.74, 6) is -1.32. The maximum atomic E-state index is 11.7. The summed E-state index contributed by atoms with van der Waals surface area (Å²) in [4.78, 5) is 22.4. The molecule has 6 nitrogen and oxygen atoms in total. The van der Waals surface area contributed by atoms with Crippen molar-refractivity contribution in [3.8, 4) is 0 Å². The molecule has 1 atom stereocenters. The molecule has 23 heavy (non-hydrogen) atoms. The normalized spacial score (nSPS) is 27.3. The second-order valence-corrected chi connectivity index (χ2v) is 6.70. The number of amides is 1. The minimum absolute atomic E-state index is 0.213. The van der Waals surface area contributed by atoms with Crippen molar-refractivity contribution < 1.29 is 14.7 Å². The lowest BCUT2D eigenvalue weighted by Gasteiger charge is -2.17. The molecule has 0 bridgehead atoms. The van der Waals surface area contributed by atoms with Crippen LogP contribution in [0.15, 0.2) is 45.7 Å². The van der Waals surface area contributed by atoms with E-state index < -0.39 is 11.2 Å². The number of allylic oxidation sites excluding steroid dienone is 6. The molecule has 0 radical (unpaired) electrons. The lowest BCUT2D eigenvalue weighted by Crippen LogP contribution is -2.26. The van der Waals surface area contributed by atoms with Gasteiger partial charge in [-0.2, -0.15) is 5.10 Å². The van der Waals surface area contributed by atoms with Gasteiger partial charge in [-0.15, -0.1) is 5.10 Å². The molecule has 1 saturated heterocycles. The van der Waals surface area contributed by atoms with Crippen LogP contribution in [0.25, 0.3) is 0 Å². The average Bonchev–Trinajstić information content (AvgIpc) is 2.73. The highest BCUT2D eigenvalue weighted by Gasteiger charge is 2.32. The zero-order valence-electron chi connectivity index (χ0n) is 12.5. The van der Waals surface area contributed by atoms with Crippen molar-refractivity contribution in [2.75, 3.05) is 0 Å². The molecule has 1 aliphatic heterocycles. The van der Waals surface area contributed by atoms with Crippen LogP contribution in [0.2, 0.25) is 0 Å². The van der Waals surface area contributed by atoms with Crippen LogP contribution >= 0.6 is 11.8 Å². The highest BCUT2D eigenvalue weighted by Crippen LogP contribution is 2.29. The SMILES string of the molecule is O=C(O)CC1S/C(=N\N=C2\CCCC3=C2C=CC=CC3)NC1=O. The van der Waals surface area contributed by atoms with Gasteiger partial charge < -0.3 is 10.4 Å². The van der Waals surface area contributed by atoms with E-state index in [0.29, 0.717) is 5.17 Å². The van der Waals surface area contributed by atoms with E-state index in [1.807, 2.05) is 12.2 Å². The van der Waals surface area contributed by atoms with Gasteiger partial charge in [-0.05, 0) is 31.3 Å². The topological polar surface area (TPSA) is 91.1 Å². The monoisotopic (exact) mass is 331 g/mol. The number of hydrogen-bond donors (Lipinski definition) is 2. The average molecular weight is 331 g/mol. The smallest absolute Gasteiger partial charge is 0.305 e. The quantitative estimate of drug-likeness (QED) is 0.777. The molecule has 2 N–H and O–H groups in total. The Bertz CT molecular complexity index is 689. The molecule has 1 amide bonds. The van der Waals surface area contributed by atoms with Crippen molar-refractivity contribution in [3.63, 3.8) is 0 Å². The van der Waals surface area contributed by atoms with Gasteiger partial charge in [-0.25, -0.2) is 0 Å². The van der Waals surface area contributed by atoms with Gasteiger partial charge in [-0.1, -0.05) is 41.6 Å². The number of nitrogens with one attached hydrogen (secondary N) is 1. The molecule has 3 rings (SSSR count). The van der Waals surface area contributed by atoms with Gasteiger partial charge >= 0.3 is 5.97 Å². The molecule has 7 heteroatoms. The number of nitrogens with zero attached hydrogens (tertiary/aromatic N) is 2. The highest BCUT2D eigenvalue weighted by atomic mass is 32.2. The van der Waals surface area contributed by atoms with Gasteiger partial charge in [0, 0.05) is 0 Å². The zero-order valence-corrected chi connectivity index (χ0v) is 13.3.